The highest BCUT2D eigenvalue weighted by molar-refractivity contribution is 7.22. The Morgan fingerprint density at radius 2 is 2.04 bits per heavy atom. The molecule has 1 fully saturated rings. The SMILES string of the molecule is COc1ccc(Cl)c2sc(N3CCN(C(=O)c4cnn(C)c4)CC3)nc12. The predicted octanol–water partition coefficient (Wildman–Crippen LogP) is 2.65. The summed E-state index contributed by atoms with van der Waals surface area (Å²) in [4.78, 5) is 21.3. The molecule has 0 radical (unpaired) electrons. The van der Waals surface area contributed by atoms with E-state index in [1.165, 1.54) is 0 Å². The number of ether oxygens (including phenoxy) is 1. The van der Waals surface area contributed by atoms with Crippen molar-refractivity contribution >= 4 is 44.2 Å². The van der Waals surface area contributed by atoms with Crippen molar-refractivity contribution in [2.75, 3.05) is 38.2 Å². The van der Waals surface area contributed by atoms with E-state index in [0.29, 0.717) is 23.7 Å². The molecule has 0 aliphatic carbocycles. The van der Waals surface area contributed by atoms with Crippen molar-refractivity contribution in [2.24, 2.45) is 7.05 Å². The maximum absolute atomic E-state index is 12.5. The van der Waals surface area contributed by atoms with Crippen LogP contribution in [-0.2, 0) is 7.05 Å². The second kappa shape index (κ2) is 6.77. The van der Waals surface area contributed by atoms with Gasteiger partial charge in [0.1, 0.15) is 11.3 Å². The van der Waals surface area contributed by atoms with E-state index in [1.807, 2.05) is 17.0 Å². The zero-order chi connectivity index (χ0) is 18.3. The van der Waals surface area contributed by atoms with Crippen LogP contribution in [0.15, 0.2) is 24.5 Å². The Morgan fingerprint density at radius 3 is 2.69 bits per heavy atom. The van der Waals surface area contributed by atoms with Gasteiger partial charge < -0.3 is 14.5 Å². The summed E-state index contributed by atoms with van der Waals surface area (Å²) >= 11 is 7.86. The number of halogens is 1. The van der Waals surface area contributed by atoms with Crippen molar-refractivity contribution < 1.29 is 9.53 Å². The van der Waals surface area contributed by atoms with Gasteiger partial charge in [-0.15, -0.1) is 0 Å². The molecule has 1 aliphatic rings. The molecule has 3 aromatic rings. The van der Waals surface area contributed by atoms with Crippen molar-refractivity contribution in [3.05, 3.63) is 35.1 Å². The van der Waals surface area contributed by atoms with Gasteiger partial charge in [-0.1, -0.05) is 22.9 Å². The van der Waals surface area contributed by atoms with Crippen LogP contribution in [0.1, 0.15) is 10.4 Å². The molecule has 9 heteroatoms. The average Bonchev–Trinajstić information content (AvgIpc) is 3.29. The molecule has 1 aromatic carbocycles. The molecule has 2 aromatic heterocycles. The maximum atomic E-state index is 12.5. The first-order valence-corrected chi connectivity index (χ1v) is 9.42. The second-order valence-electron chi connectivity index (χ2n) is 6.11. The van der Waals surface area contributed by atoms with Crippen molar-refractivity contribution in [2.45, 2.75) is 0 Å². The molecule has 0 bridgehead atoms. The van der Waals surface area contributed by atoms with E-state index < -0.39 is 0 Å². The third kappa shape index (κ3) is 2.99. The maximum Gasteiger partial charge on any atom is 0.257 e. The summed E-state index contributed by atoms with van der Waals surface area (Å²) < 4.78 is 7.96. The number of carbonyl (C=O) groups is 1. The molecular weight excluding hydrogens is 374 g/mol. The van der Waals surface area contributed by atoms with Gasteiger partial charge in [0.25, 0.3) is 5.91 Å². The number of methoxy groups -OCH3 is 1. The Bertz CT molecular complexity index is 961. The Labute approximate surface area is 159 Å². The van der Waals surface area contributed by atoms with Crippen molar-refractivity contribution in [3.8, 4) is 5.75 Å². The quantitative estimate of drug-likeness (QED) is 0.686. The highest BCUT2D eigenvalue weighted by atomic mass is 35.5. The number of fused-ring (bicyclic) bond motifs is 1. The number of hydrogen-bond donors (Lipinski definition) is 0. The lowest BCUT2D eigenvalue weighted by molar-refractivity contribution is 0.0746. The monoisotopic (exact) mass is 391 g/mol. The Morgan fingerprint density at radius 1 is 1.27 bits per heavy atom. The number of hydrogen-bond acceptors (Lipinski definition) is 6. The van der Waals surface area contributed by atoms with E-state index in [9.17, 15) is 4.79 Å². The lowest BCUT2D eigenvalue weighted by Crippen LogP contribution is -2.48. The van der Waals surface area contributed by atoms with Crippen LogP contribution < -0.4 is 9.64 Å². The van der Waals surface area contributed by atoms with Gasteiger partial charge in [0, 0.05) is 39.4 Å². The van der Waals surface area contributed by atoms with Crippen molar-refractivity contribution in [3.63, 3.8) is 0 Å². The summed E-state index contributed by atoms with van der Waals surface area (Å²) in [6.45, 7) is 2.75. The molecule has 0 unspecified atom stereocenters. The van der Waals surface area contributed by atoms with Crippen LogP contribution in [0.25, 0.3) is 10.2 Å². The van der Waals surface area contributed by atoms with Crippen LogP contribution in [0.3, 0.4) is 0 Å². The number of anilines is 1. The molecule has 4 rings (SSSR count). The van der Waals surface area contributed by atoms with Gasteiger partial charge in [-0.25, -0.2) is 4.98 Å². The molecule has 7 nitrogen and oxygen atoms in total. The fourth-order valence-electron chi connectivity index (χ4n) is 3.06. The second-order valence-corrected chi connectivity index (χ2v) is 7.49. The number of rotatable bonds is 3. The number of amides is 1. The first kappa shape index (κ1) is 17.1. The Balaban J connectivity index is 1.50. The van der Waals surface area contributed by atoms with Crippen LogP contribution in [0.4, 0.5) is 5.13 Å². The Kier molecular flexibility index (Phi) is 4.46. The highest BCUT2D eigenvalue weighted by Crippen LogP contribution is 2.38. The molecule has 136 valence electrons. The van der Waals surface area contributed by atoms with E-state index in [2.05, 4.69) is 10.00 Å². The van der Waals surface area contributed by atoms with Crippen LogP contribution in [0.5, 0.6) is 5.75 Å². The minimum Gasteiger partial charge on any atom is -0.494 e. The van der Waals surface area contributed by atoms with Crippen LogP contribution in [0, 0.1) is 0 Å². The minimum atomic E-state index is 0.0202. The van der Waals surface area contributed by atoms with E-state index in [-0.39, 0.29) is 5.91 Å². The molecule has 0 spiro atoms. The van der Waals surface area contributed by atoms with Crippen LogP contribution in [0.2, 0.25) is 5.02 Å². The lowest BCUT2D eigenvalue weighted by Gasteiger charge is -2.34. The standard InChI is InChI=1S/C17H18ClN5O2S/c1-21-10-11(9-19-21)16(24)22-5-7-23(8-6-22)17-20-14-13(25-2)4-3-12(18)15(14)26-17/h3-4,9-10H,5-8H2,1-2H3. The summed E-state index contributed by atoms with van der Waals surface area (Å²) in [5, 5.41) is 5.65. The minimum absolute atomic E-state index is 0.0202. The molecule has 3 heterocycles. The summed E-state index contributed by atoms with van der Waals surface area (Å²) in [5.74, 6) is 0.740. The van der Waals surface area contributed by atoms with Gasteiger partial charge in [-0.05, 0) is 12.1 Å². The van der Waals surface area contributed by atoms with Crippen LogP contribution in [-0.4, -0.2) is 58.9 Å². The van der Waals surface area contributed by atoms with Crippen molar-refractivity contribution in [1.82, 2.24) is 19.7 Å². The zero-order valence-electron chi connectivity index (χ0n) is 14.5. The molecule has 0 atom stereocenters. The van der Waals surface area contributed by atoms with E-state index in [0.717, 1.165) is 34.2 Å². The van der Waals surface area contributed by atoms with Gasteiger partial charge >= 0.3 is 0 Å². The van der Waals surface area contributed by atoms with Gasteiger partial charge in [0.15, 0.2) is 5.13 Å². The summed E-state index contributed by atoms with van der Waals surface area (Å²) in [5.41, 5.74) is 1.41. The highest BCUT2D eigenvalue weighted by Gasteiger charge is 2.25. The smallest absolute Gasteiger partial charge is 0.257 e. The topological polar surface area (TPSA) is 63.5 Å². The zero-order valence-corrected chi connectivity index (χ0v) is 16.0. The van der Waals surface area contributed by atoms with Gasteiger partial charge in [-0.2, -0.15) is 5.10 Å². The number of carbonyl (C=O) groups excluding carboxylic acids is 1. The number of aromatic nitrogens is 3. The fraction of sp³-hybridized carbons (Fsp3) is 0.353. The predicted molar refractivity (Wildman–Crippen MR) is 103 cm³/mol. The third-order valence-electron chi connectivity index (χ3n) is 4.46. The molecule has 0 saturated carbocycles. The molecule has 0 N–H and O–H groups in total. The van der Waals surface area contributed by atoms with E-state index >= 15 is 0 Å². The largest absolute Gasteiger partial charge is 0.494 e. The first-order chi connectivity index (χ1) is 12.6. The normalized spacial score (nSPS) is 14.9. The molecule has 1 saturated heterocycles. The summed E-state index contributed by atoms with van der Waals surface area (Å²) in [6.07, 6.45) is 3.35. The Hall–Kier alpha value is -2.32. The number of nitrogens with zero attached hydrogens (tertiary/aromatic N) is 5. The summed E-state index contributed by atoms with van der Waals surface area (Å²) in [7, 11) is 3.44. The lowest BCUT2D eigenvalue weighted by atomic mass is 10.2. The van der Waals surface area contributed by atoms with Crippen molar-refractivity contribution in [1.29, 1.82) is 0 Å². The fourth-order valence-corrected chi connectivity index (χ4v) is 4.36. The van der Waals surface area contributed by atoms with E-state index in [1.54, 1.807) is 42.6 Å². The van der Waals surface area contributed by atoms with E-state index in [4.69, 9.17) is 21.3 Å². The van der Waals surface area contributed by atoms with Gasteiger partial charge in [-0.3, -0.25) is 9.48 Å². The average molecular weight is 392 g/mol. The van der Waals surface area contributed by atoms with Crippen LogP contribution >= 0.6 is 22.9 Å². The molecule has 26 heavy (non-hydrogen) atoms. The molecular formula is C17H18ClN5O2S. The van der Waals surface area contributed by atoms with Gasteiger partial charge in [0.05, 0.1) is 28.6 Å². The first-order valence-electron chi connectivity index (χ1n) is 8.22. The summed E-state index contributed by atoms with van der Waals surface area (Å²) in [6, 6.07) is 3.66. The molecule has 1 aliphatic heterocycles. The number of piperazine rings is 1. The number of aryl methyl sites for hydroxylation is 1. The third-order valence-corrected chi connectivity index (χ3v) is 6.03. The molecule has 1 amide bonds. The number of benzene rings is 1. The van der Waals surface area contributed by atoms with Gasteiger partial charge in [0.2, 0.25) is 0 Å². The number of thiazole rings is 1.